The lowest BCUT2D eigenvalue weighted by atomic mass is 10.1. The Labute approximate surface area is 163 Å². The van der Waals surface area contributed by atoms with Crippen LogP contribution in [0.4, 0.5) is 5.69 Å². The maximum absolute atomic E-state index is 13.1. The average molecular weight is 388 g/mol. The number of benzene rings is 2. The summed E-state index contributed by atoms with van der Waals surface area (Å²) in [7, 11) is 0. The Morgan fingerprint density at radius 1 is 1.12 bits per heavy atom. The van der Waals surface area contributed by atoms with Crippen molar-refractivity contribution in [3.05, 3.63) is 83.1 Å². The van der Waals surface area contributed by atoms with Gasteiger partial charge in [-0.3, -0.25) is 9.69 Å². The van der Waals surface area contributed by atoms with E-state index in [1.807, 2.05) is 55.6 Å². The molecule has 0 radical (unpaired) electrons. The molecule has 0 aliphatic rings. The van der Waals surface area contributed by atoms with Gasteiger partial charge in [-0.2, -0.15) is 5.10 Å². The van der Waals surface area contributed by atoms with Crippen molar-refractivity contribution in [1.29, 1.82) is 0 Å². The Morgan fingerprint density at radius 2 is 1.81 bits per heavy atom. The molecule has 0 aliphatic heterocycles. The van der Waals surface area contributed by atoms with Crippen molar-refractivity contribution in [2.24, 2.45) is 0 Å². The van der Waals surface area contributed by atoms with E-state index in [1.54, 1.807) is 34.8 Å². The standard InChI is InChI=1S/C20H19Cl2N3O/c1-14-6-3-4-7-18(14)25(20(26)15(2)21)19(24-13-5-12-23-24)16-8-10-17(22)11-9-16/h3-13,15,19H,1-2H3. The first-order valence-corrected chi connectivity index (χ1v) is 9.08. The van der Waals surface area contributed by atoms with Gasteiger partial charge in [0.2, 0.25) is 5.91 Å². The van der Waals surface area contributed by atoms with Gasteiger partial charge in [0, 0.05) is 23.1 Å². The highest BCUT2D eigenvalue weighted by Gasteiger charge is 2.31. The van der Waals surface area contributed by atoms with Gasteiger partial charge in [-0.25, -0.2) is 4.68 Å². The molecule has 0 bridgehead atoms. The zero-order valence-electron chi connectivity index (χ0n) is 14.5. The van der Waals surface area contributed by atoms with E-state index in [9.17, 15) is 4.79 Å². The number of hydrogen-bond donors (Lipinski definition) is 0. The Balaban J connectivity index is 2.20. The van der Waals surface area contributed by atoms with E-state index in [1.165, 1.54) is 0 Å². The summed E-state index contributed by atoms with van der Waals surface area (Å²) < 4.78 is 1.74. The smallest absolute Gasteiger partial charge is 0.246 e. The first kappa shape index (κ1) is 18.5. The lowest BCUT2D eigenvalue weighted by Crippen LogP contribution is -2.42. The predicted octanol–water partition coefficient (Wildman–Crippen LogP) is 5.05. The quantitative estimate of drug-likeness (QED) is 0.574. The molecule has 0 saturated heterocycles. The van der Waals surface area contributed by atoms with E-state index in [2.05, 4.69) is 5.10 Å². The summed E-state index contributed by atoms with van der Waals surface area (Å²) in [5.41, 5.74) is 2.65. The van der Waals surface area contributed by atoms with Crippen LogP contribution in [0.15, 0.2) is 67.0 Å². The number of carbonyl (C=O) groups excluding carboxylic acids is 1. The Bertz CT molecular complexity index is 876. The molecule has 3 rings (SSSR count). The molecule has 2 unspecified atom stereocenters. The summed E-state index contributed by atoms with van der Waals surface area (Å²) in [6.45, 7) is 3.65. The number of anilines is 1. The largest absolute Gasteiger partial charge is 0.284 e. The van der Waals surface area contributed by atoms with Crippen molar-refractivity contribution in [3.63, 3.8) is 0 Å². The molecule has 1 amide bonds. The van der Waals surface area contributed by atoms with Crippen LogP contribution in [0.3, 0.4) is 0 Å². The van der Waals surface area contributed by atoms with Gasteiger partial charge in [0.05, 0.1) is 0 Å². The molecular formula is C20H19Cl2N3O. The number of halogens is 2. The molecule has 0 spiro atoms. The number of alkyl halides is 1. The van der Waals surface area contributed by atoms with E-state index in [0.29, 0.717) is 5.02 Å². The highest BCUT2D eigenvalue weighted by molar-refractivity contribution is 6.32. The minimum atomic E-state index is -0.681. The fourth-order valence-corrected chi connectivity index (χ4v) is 3.11. The van der Waals surface area contributed by atoms with Crippen molar-refractivity contribution in [2.45, 2.75) is 25.4 Å². The topological polar surface area (TPSA) is 38.1 Å². The molecule has 2 aromatic carbocycles. The molecule has 134 valence electrons. The first-order valence-electron chi connectivity index (χ1n) is 8.26. The minimum Gasteiger partial charge on any atom is -0.284 e. The monoisotopic (exact) mass is 387 g/mol. The zero-order chi connectivity index (χ0) is 18.7. The van der Waals surface area contributed by atoms with Crippen LogP contribution in [0, 0.1) is 6.92 Å². The highest BCUT2D eigenvalue weighted by Crippen LogP contribution is 2.32. The molecule has 0 N–H and O–H groups in total. The fourth-order valence-electron chi connectivity index (χ4n) is 2.88. The number of nitrogens with zero attached hydrogens (tertiary/aromatic N) is 3. The number of aromatic nitrogens is 2. The maximum Gasteiger partial charge on any atom is 0.246 e. The zero-order valence-corrected chi connectivity index (χ0v) is 16.0. The van der Waals surface area contributed by atoms with Crippen LogP contribution in [0.25, 0.3) is 0 Å². The summed E-state index contributed by atoms with van der Waals surface area (Å²) in [6.07, 6.45) is 3.04. The van der Waals surface area contributed by atoms with Crippen LogP contribution in [0.2, 0.25) is 5.02 Å². The number of para-hydroxylation sites is 1. The molecule has 26 heavy (non-hydrogen) atoms. The van der Waals surface area contributed by atoms with Gasteiger partial charge in [-0.1, -0.05) is 41.9 Å². The van der Waals surface area contributed by atoms with Gasteiger partial charge in [-0.05, 0) is 49.2 Å². The lowest BCUT2D eigenvalue weighted by molar-refractivity contribution is -0.118. The SMILES string of the molecule is Cc1ccccc1N(C(=O)C(C)Cl)C(c1ccc(Cl)cc1)n1cccn1. The Kier molecular flexibility index (Phi) is 5.64. The van der Waals surface area contributed by atoms with Gasteiger partial charge < -0.3 is 0 Å². The summed E-state index contributed by atoms with van der Waals surface area (Å²) in [5, 5.41) is 4.33. The molecule has 6 heteroatoms. The van der Waals surface area contributed by atoms with Gasteiger partial charge in [0.15, 0.2) is 6.17 Å². The van der Waals surface area contributed by atoms with Crippen LogP contribution < -0.4 is 4.90 Å². The van der Waals surface area contributed by atoms with Gasteiger partial charge in [0.1, 0.15) is 5.38 Å². The van der Waals surface area contributed by atoms with Crippen molar-refractivity contribution in [3.8, 4) is 0 Å². The van der Waals surface area contributed by atoms with Gasteiger partial charge in [-0.15, -0.1) is 11.6 Å². The molecule has 1 aromatic heterocycles. The molecule has 0 saturated carbocycles. The number of rotatable bonds is 5. The molecule has 3 aromatic rings. The fraction of sp³-hybridized carbons (Fsp3) is 0.200. The molecule has 4 nitrogen and oxygen atoms in total. The van der Waals surface area contributed by atoms with Crippen molar-refractivity contribution >= 4 is 34.8 Å². The lowest BCUT2D eigenvalue weighted by Gasteiger charge is -2.34. The van der Waals surface area contributed by atoms with Crippen molar-refractivity contribution < 1.29 is 4.79 Å². The Morgan fingerprint density at radius 3 is 2.38 bits per heavy atom. The van der Waals surface area contributed by atoms with Crippen LogP contribution >= 0.6 is 23.2 Å². The summed E-state index contributed by atoms with van der Waals surface area (Å²) in [4.78, 5) is 14.8. The van der Waals surface area contributed by atoms with Crippen LogP contribution in [0.5, 0.6) is 0 Å². The third kappa shape index (κ3) is 3.76. The average Bonchev–Trinajstić information content (AvgIpc) is 3.15. The molecule has 1 heterocycles. The normalized spacial score (nSPS) is 13.2. The third-order valence-electron chi connectivity index (χ3n) is 4.14. The second-order valence-corrected chi connectivity index (χ2v) is 7.11. The van der Waals surface area contributed by atoms with E-state index in [-0.39, 0.29) is 5.91 Å². The van der Waals surface area contributed by atoms with E-state index >= 15 is 0 Å². The third-order valence-corrected chi connectivity index (χ3v) is 4.58. The molecular weight excluding hydrogens is 369 g/mol. The molecule has 0 fully saturated rings. The van der Waals surface area contributed by atoms with E-state index < -0.39 is 11.5 Å². The maximum atomic E-state index is 13.1. The predicted molar refractivity (Wildman–Crippen MR) is 106 cm³/mol. The Hall–Kier alpha value is -2.30. The van der Waals surface area contributed by atoms with E-state index in [4.69, 9.17) is 23.2 Å². The van der Waals surface area contributed by atoms with Gasteiger partial charge >= 0.3 is 0 Å². The number of aryl methyl sites for hydroxylation is 1. The van der Waals surface area contributed by atoms with Crippen LogP contribution in [-0.2, 0) is 4.79 Å². The second-order valence-electron chi connectivity index (χ2n) is 6.02. The van der Waals surface area contributed by atoms with E-state index in [0.717, 1.165) is 16.8 Å². The first-order chi connectivity index (χ1) is 12.5. The van der Waals surface area contributed by atoms with Crippen molar-refractivity contribution in [2.75, 3.05) is 4.90 Å². The van der Waals surface area contributed by atoms with Gasteiger partial charge in [0.25, 0.3) is 0 Å². The molecule has 2 atom stereocenters. The molecule has 0 aliphatic carbocycles. The number of carbonyl (C=O) groups is 1. The number of amides is 1. The van der Waals surface area contributed by atoms with Crippen LogP contribution in [0.1, 0.15) is 24.2 Å². The van der Waals surface area contributed by atoms with Crippen LogP contribution in [-0.4, -0.2) is 21.1 Å². The number of hydrogen-bond acceptors (Lipinski definition) is 2. The highest BCUT2D eigenvalue weighted by atomic mass is 35.5. The summed E-state index contributed by atoms with van der Waals surface area (Å²) in [6, 6.07) is 17.0. The summed E-state index contributed by atoms with van der Waals surface area (Å²) >= 11 is 12.3. The minimum absolute atomic E-state index is 0.198. The van der Waals surface area contributed by atoms with Crippen molar-refractivity contribution in [1.82, 2.24) is 9.78 Å². The second kappa shape index (κ2) is 7.94. The summed E-state index contributed by atoms with van der Waals surface area (Å²) in [5.74, 6) is -0.198.